The Hall–Kier alpha value is 0.896. The van der Waals surface area contributed by atoms with Gasteiger partial charge in [0, 0.05) is 6.61 Å². The number of rotatable bonds is 6. The van der Waals surface area contributed by atoms with Crippen LogP contribution in [-0.2, 0) is 13.9 Å². The molecule has 1 fully saturated rings. The summed E-state index contributed by atoms with van der Waals surface area (Å²) in [5, 5.41) is 0. The van der Waals surface area contributed by atoms with E-state index in [1.165, 1.54) is 21.3 Å². The van der Waals surface area contributed by atoms with E-state index in [9.17, 15) is 0 Å². The van der Waals surface area contributed by atoms with Gasteiger partial charge in [-0.2, -0.15) is 0 Å². The van der Waals surface area contributed by atoms with Crippen LogP contribution in [0.25, 0.3) is 0 Å². The van der Waals surface area contributed by atoms with Crippen LogP contribution < -0.4 is 0 Å². The van der Waals surface area contributed by atoms with Crippen LogP contribution in [0.5, 0.6) is 0 Å². The first-order valence-corrected chi connectivity index (χ1v) is 7.15. The Balaban J connectivity index is 0.000000310. The van der Waals surface area contributed by atoms with E-state index in [-0.39, 0.29) is 0 Å². The SMILES string of the molecule is CCO[SiH2].[Sn][CH2]CCOCC1CO1. The third-order valence-corrected chi connectivity index (χ3v) is 2.79. The van der Waals surface area contributed by atoms with Crippen LogP contribution in [0.2, 0.25) is 4.44 Å². The average molecular weight is 309 g/mol. The average Bonchev–Trinajstić information content (AvgIpc) is 2.97. The molecule has 1 aliphatic heterocycles. The summed E-state index contributed by atoms with van der Waals surface area (Å²) in [4.78, 5) is 0. The summed E-state index contributed by atoms with van der Waals surface area (Å²) in [5.41, 5.74) is 0. The van der Waals surface area contributed by atoms with Crippen molar-refractivity contribution in [3.63, 3.8) is 0 Å². The molecule has 76 valence electrons. The molecular weight excluding hydrogens is 291 g/mol. The molecule has 1 aliphatic rings. The van der Waals surface area contributed by atoms with Crippen LogP contribution in [0.1, 0.15) is 13.3 Å². The Kier molecular flexibility index (Phi) is 11.7. The minimum atomic E-state index is 0.440. The first-order chi connectivity index (χ1) is 6.35. The van der Waals surface area contributed by atoms with Gasteiger partial charge in [0.1, 0.15) is 0 Å². The molecule has 0 saturated carbocycles. The monoisotopic (exact) mass is 310 g/mol. The van der Waals surface area contributed by atoms with E-state index in [0.29, 0.717) is 6.10 Å². The van der Waals surface area contributed by atoms with Crippen LogP contribution in [0.4, 0.5) is 0 Å². The van der Waals surface area contributed by atoms with Crippen molar-refractivity contribution in [2.75, 3.05) is 26.4 Å². The summed E-state index contributed by atoms with van der Waals surface area (Å²) in [6.07, 6.45) is 1.65. The topological polar surface area (TPSA) is 31.0 Å². The summed E-state index contributed by atoms with van der Waals surface area (Å²) in [6, 6.07) is 0. The predicted octanol–water partition coefficient (Wildman–Crippen LogP) is -0.0503. The van der Waals surface area contributed by atoms with E-state index in [4.69, 9.17) is 9.47 Å². The van der Waals surface area contributed by atoms with Gasteiger partial charge in [0.25, 0.3) is 0 Å². The van der Waals surface area contributed by atoms with E-state index in [1.807, 2.05) is 6.92 Å². The molecule has 1 heterocycles. The standard InChI is InChI=1S/C6H11O2.C2H7OSi.Sn/c1-2-3-7-4-6-5-8-6;1-2-3-4;/h6H,1-5H2;2,4H2,1H3;. The van der Waals surface area contributed by atoms with Gasteiger partial charge in [-0.15, -0.1) is 0 Å². The molecule has 4 radical (unpaired) electrons. The first-order valence-electron chi connectivity index (χ1n) is 4.56. The van der Waals surface area contributed by atoms with E-state index in [0.717, 1.165) is 26.4 Å². The zero-order chi connectivity index (χ0) is 9.94. The van der Waals surface area contributed by atoms with Gasteiger partial charge in [0.15, 0.2) is 10.5 Å². The fourth-order valence-corrected chi connectivity index (χ4v) is 0.965. The number of hydrogen-bond acceptors (Lipinski definition) is 3. The molecule has 0 N–H and O–H groups in total. The molecule has 3 nitrogen and oxygen atoms in total. The summed E-state index contributed by atoms with van der Waals surface area (Å²) in [7, 11) is 1.52. The second-order valence-corrected chi connectivity index (χ2v) is 4.46. The van der Waals surface area contributed by atoms with Gasteiger partial charge in [0.05, 0.1) is 0 Å². The van der Waals surface area contributed by atoms with Crippen LogP contribution in [0.3, 0.4) is 0 Å². The fourth-order valence-electron chi connectivity index (χ4n) is 0.553. The Labute approximate surface area is 97.1 Å². The van der Waals surface area contributed by atoms with Gasteiger partial charge in [-0.3, -0.25) is 0 Å². The van der Waals surface area contributed by atoms with Crippen molar-refractivity contribution in [1.82, 2.24) is 0 Å². The molecule has 1 atom stereocenters. The van der Waals surface area contributed by atoms with Gasteiger partial charge >= 0.3 is 68.8 Å². The molecule has 0 aromatic heterocycles. The Morgan fingerprint density at radius 1 is 1.62 bits per heavy atom. The molecule has 1 saturated heterocycles. The van der Waals surface area contributed by atoms with E-state index in [2.05, 4.69) is 4.43 Å². The van der Waals surface area contributed by atoms with Crippen LogP contribution in [-0.4, -0.2) is 65.5 Å². The summed E-state index contributed by atoms with van der Waals surface area (Å²) >= 11 is 1.61. The van der Waals surface area contributed by atoms with Gasteiger partial charge in [-0.05, 0) is 6.92 Å². The normalized spacial score (nSPS) is 19.2. The molecule has 0 bridgehead atoms. The number of epoxide rings is 1. The number of ether oxygens (including phenoxy) is 2. The summed E-state index contributed by atoms with van der Waals surface area (Å²) < 4.78 is 16.1. The Morgan fingerprint density at radius 3 is 2.62 bits per heavy atom. The molecule has 0 aliphatic carbocycles. The maximum absolute atomic E-state index is 5.29. The summed E-state index contributed by atoms with van der Waals surface area (Å²) in [6.45, 7) is 5.45. The van der Waals surface area contributed by atoms with Crippen LogP contribution in [0, 0.1) is 0 Å². The molecule has 0 spiro atoms. The van der Waals surface area contributed by atoms with Crippen molar-refractivity contribution in [3.05, 3.63) is 0 Å². The molecular formula is C8H18O3SiSn. The molecule has 5 heteroatoms. The van der Waals surface area contributed by atoms with E-state index >= 15 is 0 Å². The van der Waals surface area contributed by atoms with E-state index in [1.54, 1.807) is 22.5 Å². The molecule has 13 heavy (non-hydrogen) atoms. The first kappa shape index (κ1) is 13.9. The van der Waals surface area contributed by atoms with Gasteiger partial charge in [0.2, 0.25) is 0 Å². The Bertz CT molecular complexity index is 99.4. The second-order valence-electron chi connectivity index (χ2n) is 2.63. The molecule has 0 aromatic rings. The molecule has 1 unspecified atom stereocenters. The zero-order valence-corrected chi connectivity index (χ0v) is 12.5. The van der Waals surface area contributed by atoms with Gasteiger partial charge in [-0.1, -0.05) is 0 Å². The van der Waals surface area contributed by atoms with Crippen molar-refractivity contribution in [1.29, 1.82) is 0 Å². The molecule has 0 aromatic carbocycles. The van der Waals surface area contributed by atoms with E-state index < -0.39 is 0 Å². The fraction of sp³-hybridized carbons (Fsp3) is 1.00. The molecule has 0 amide bonds. The summed E-state index contributed by atoms with van der Waals surface area (Å²) in [5.74, 6) is 0. The number of hydrogen-bond donors (Lipinski definition) is 0. The molecule has 1 rings (SSSR count). The van der Waals surface area contributed by atoms with Crippen molar-refractivity contribution < 1.29 is 13.9 Å². The third kappa shape index (κ3) is 12.9. The second kappa shape index (κ2) is 11.0. The van der Waals surface area contributed by atoms with Crippen molar-refractivity contribution in [3.8, 4) is 0 Å². The predicted molar refractivity (Wildman–Crippen MR) is 55.9 cm³/mol. The van der Waals surface area contributed by atoms with Gasteiger partial charge in [-0.25, -0.2) is 0 Å². The third-order valence-electron chi connectivity index (χ3n) is 1.38. The van der Waals surface area contributed by atoms with Gasteiger partial charge < -0.3 is 4.43 Å². The minimum absolute atomic E-state index is 0.440. The zero-order valence-electron chi connectivity index (χ0n) is 8.25. The van der Waals surface area contributed by atoms with Crippen LogP contribution >= 0.6 is 0 Å². The maximum atomic E-state index is 5.29. The van der Waals surface area contributed by atoms with Crippen LogP contribution in [0.15, 0.2) is 0 Å². The quantitative estimate of drug-likeness (QED) is 0.392. The van der Waals surface area contributed by atoms with Crippen molar-refractivity contribution >= 4 is 33.0 Å². The van der Waals surface area contributed by atoms with Crippen molar-refractivity contribution in [2.45, 2.75) is 23.9 Å². The van der Waals surface area contributed by atoms with Crippen molar-refractivity contribution in [2.24, 2.45) is 0 Å². The Morgan fingerprint density at radius 2 is 2.23 bits per heavy atom.